The van der Waals surface area contributed by atoms with E-state index in [1.165, 1.54) is 4.90 Å². The molecule has 0 bridgehead atoms. The molecule has 0 aliphatic rings. The second kappa shape index (κ2) is 7.64. The Morgan fingerprint density at radius 1 is 1.40 bits per heavy atom. The number of carbonyl (C=O) groups excluding carboxylic acids is 2. The average molecular weight is 363 g/mol. The fraction of sp³-hybridized carbons (Fsp3) is 0.429. The fourth-order valence-electron chi connectivity index (χ4n) is 1.66. The van der Waals surface area contributed by atoms with E-state index in [2.05, 4.69) is 15.9 Å². The smallest absolute Gasteiger partial charge is 0.325 e. The molecule has 0 aliphatic carbocycles. The Morgan fingerprint density at radius 3 is 2.60 bits per heavy atom. The lowest BCUT2D eigenvalue weighted by Gasteiger charge is -2.26. The van der Waals surface area contributed by atoms with Gasteiger partial charge in [0.2, 0.25) is 0 Å². The van der Waals surface area contributed by atoms with Crippen molar-refractivity contribution in [1.82, 2.24) is 4.90 Å². The van der Waals surface area contributed by atoms with Gasteiger partial charge in [-0.2, -0.15) is 0 Å². The summed E-state index contributed by atoms with van der Waals surface area (Å²) >= 11 is 9.41. The van der Waals surface area contributed by atoms with Gasteiger partial charge in [0, 0.05) is 10.5 Å². The first kappa shape index (κ1) is 17.0. The molecule has 0 N–H and O–H groups in total. The minimum absolute atomic E-state index is 0.0901. The van der Waals surface area contributed by atoms with E-state index in [0.717, 1.165) is 0 Å². The van der Waals surface area contributed by atoms with Crippen LogP contribution < -0.4 is 0 Å². The highest BCUT2D eigenvalue weighted by molar-refractivity contribution is 9.10. The van der Waals surface area contributed by atoms with E-state index in [-0.39, 0.29) is 25.1 Å². The molecule has 1 rings (SSSR count). The van der Waals surface area contributed by atoms with E-state index in [1.54, 1.807) is 25.1 Å². The van der Waals surface area contributed by atoms with Crippen molar-refractivity contribution in [3.8, 4) is 0 Å². The number of nitrogens with zero attached hydrogens (tertiary/aromatic N) is 1. The minimum Gasteiger partial charge on any atom is -0.465 e. The molecule has 0 heterocycles. The molecule has 110 valence electrons. The number of carbonyl (C=O) groups is 2. The highest BCUT2D eigenvalue weighted by Crippen LogP contribution is 2.27. The maximum absolute atomic E-state index is 12.5. The molecule has 0 fully saturated rings. The molecular formula is C14H17BrClNO3. The Morgan fingerprint density at radius 2 is 2.05 bits per heavy atom. The lowest BCUT2D eigenvalue weighted by Crippen LogP contribution is -2.41. The summed E-state index contributed by atoms with van der Waals surface area (Å²) in [5.74, 6) is -0.722. The van der Waals surface area contributed by atoms with Gasteiger partial charge in [-0.15, -0.1) is 0 Å². The molecule has 0 radical (unpaired) electrons. The number of hydrogen-bond donors (Lipinski definition) is 0. The zero-order valence-electron chi connectivity index (χ0n) is 11.7. The van der Waals surface area contributed by atoms with Crippen LogP contribution in [-0.4, -0.2) is 36.0 Å². The van der Waals surface area contributed by atoms with Crippen molar-refractivity contribution in [3.05, 3.63) is 33.3 Å². The van der Waals surface area contributed by atoms with Crippen LogP contribution in [0.2, 0.25) is 5.02 Å². The monoisotopic (exact) mass is 361 g/mol. The predicted octanol–water partition coefficient (Wildman–Crippen LogP) is 3.52. The number of amides is 1. The average Bonchev–Trinajstić information content (AvgIpc) is 2.38. The first-order valence-corrected chi connectivity index (χ1v) is 7.46. The van der Waals surface area contributed by atoms with Crippen LogP contribution in [0.5, 0.6) is 0 Å². The van der Waals surface area contributed by atoms with E-state index in [1.807, 2.05) is 13.8 Å². The molecule has 0 atom stereocenters. The third-order valence-electron chi connectivity index (χ3n) is 2.67. The summed E-state index contributed by atoms with van der Waals surface area (Å²) in [4.78, 5) is 25.5. The zero-order valence-corrected chi connectivity index (χ0v) is 14.0. The molecule has 1 amide bonds. The number of hydrogen-bond acceptors (Lipinski definition) is 3. The molecule has 20 heavy (non-hydrogen) atoms. The normalized spacial score (nSPS) is 10.5. The molecule has 4 nitrogen and oxygen atoms in total. The molecule has 0 spiro atoms. The molecule has 0 saturated heterocycles. The van der Waals surface area contributed by atoms with Gasteiger partial charge in [-0.3, -0.25) is 9.59 Å². The van der Waals surface area contributed by atoms with Crippen molar-refractivity contribution < 1.29 is 14.3 Å². The molecule has 0 aliphatic heterocycles. The zero-order chi connectivity index (χ0) is 15.3. The summed E-state index contributed by atoms with van der Waals surface area (Å²) in [7, 11) is 0. The van der Waals surface area contributed by atoms with Crippen molar-refractivity contribution in [1.29, 1.82) is 0 Å². The van der Waals surface area contributed by atoms with E-state index in [0.29, 0.717) is 15.1 Å². The first-order chi connectivity index (χ1) is 9.38. The second-order valence-corrected chi connectivity index (χ2v) is 5.67. The Labute approximate surface area is 132 Å². The van der Waals surface area contributed by atoms with Crippen molar-refractivity contribution >= 4 is 39.4 Å². The summed E-state index contributed by atoms with van der Waals surface area (Å²) in [5, 5.41) is 0.340. The van der Waals surface area contributed by atoms with Crippen molar-refractivity contribution in [2.75, 3.05) is 13.2 Å². The number of benzene rings is 1. The lowest BCUT2D eigenvalue weighted by molar-refractivity contribution is -0.144. The van der Waals surface area contributed by atoms with Crippen LogP contribution in [0.4, 0.5) is 0 Å². The van der Waals surface area contributed by atoms with E-state index >= 15 is 0 Å². The molecule has 0 unspecified atom stereocenters. The first-order valence-electron chi connectivity index (χ1n) is 6.29. The Balaban J connectivity index is 3.00. The summed E-state index contributed by atoms with van der Waals surface area (Å²) in [6.07, 6.45) is 0. The van der Waals surface area contributed by atoms with E-state index in [9.17, 15) is 9.59 Å². The van der Waals surface area contributed by atoms with Gasteiger partial charge in [-0.25, -0.2) is 0 Å². The van der Waals surface area contributed by atoms with Gasteiger partial charge < -0.3 is 9.64 Å². The maximum Gasteiger partial charge on any atom is 0.325 e. The Bertz CT molecular complexity index is 505. The summed E-state index contributed by atoms with van der Waals surface area (Å²) in [6.45, 7) is 5.60. The fourth-order valence-corrected chi connectivity index (χ4v) is 2.23. The molecule has 0 aromatic heterocycles. The van der Waals surface area contributed by atoms with Crippen molar-refractivity contribution in [2.24, 2.45) is 0 Å². The van der Waals surface area contributed by atoms with Crippen molar-refractivity contribution in [3.63, 3.8) is 0 Å². The van der Waals surface area contributed by atoms with Gasteiger partial charge in [0.25, 0.3) is 5.91 Å². The minimum atomic E-state index is -0.430. The van der Waals surface area contributed by atoms with Crippen LogP contribution in [0.3, 0.4) is 0 Å². The maximum atomic E-state index is 12.5. The highest BCUT2D eigenvalue weighted by atomic mass is 79.9. The van der Waals surface area contributed by atoms with Gasteiger partial charge >= 0.3 is 5.97 Å². The van der Waals surface area contributed by atoms with Crippen LogP contribution in [-0.2, 0) is 9.53 Å². The summed E-state index contributed by atoms with van der Waals surface area (Å²) in [5.41, 5.74) is 0.360. The van der Waals surface area contributed by atoms with Gasteiger partial charge in [0.05, 0.1) is 17.2 Å². The molecule has 6 heteroatoms. The Kier molecular flexibility index (Phi) is 6.49. The van der Waals surface area contributed by atoms with Crippen LogP contribution >= 0.6 is 27.5 Å². The standard InChI is InChI=1S/C14H17BrClNO3/c1-4-20-12(18)8-17(9(2)3)14(19)10-6-5-7-11(15)13(10)16/h5-7,9H,4,8H2,1-3H3. The lowest BCUT2D eigenvalue weighted by atomic mass is 10.1. The molecule has 1 aromatic carbocycles. The van der Waals surface area contributed by atoms with Gasteiger partial charge in [-0.05, 0) is 48.8 Å². The SMILES string of the molecule is CCOC(=O)CN(C(=O)c1cccc(Br)c1Cl)C(C)C. The van der Waals surface area contributed by atoms with E-state index in [4.69, 9.17) is 16.3 Å². The second-order valence-electron chi connectivity index (χ2n) is 4.43. The number of halogens is 2. The number of rotatable bonds is 5. The largest absolute Gasteiger partial charge is 0.465 e. The topological polar surface area (TPSA) is 46.6 Å². The van der Waals surface area contributed by atoms with Gasteiger partial charge in [-0.1, -0.05) is 17.7 Å². The van der Waals surface area contributed by atoms with E-state index < -0.39 is 5.97 Å². The highest BCUT2D eigenvalue weighted by Gasteiger charge is 2.24. The van der Waals surface area contributed by atoms with Gasteiger partial charge in [0.15, 0.2) is 0 Å². The van der Waals surface area contributed by atoms with Crippen LogP contribution in [0.1, 0.15) is 31.1 Å². The third-order valence-corrected chi connectivity index (χ3v) is 3.97. The quantitative estimate of drug-likeness (QED) is 0.753. The Hall–Kier alpha value is -1.07. The number of ether oxygens (including phenoxy) is 1. The summed E-state index contributed by atoms with van der Waals surface area (Å²) < 4.78 is 5.53. The predicted molar refractivity (Wildman–Crippen MR) is 82.0 cm³/mol. The van der Waals surface area contributed by atoms with Gasteiger partial charge in [0.1, 0.15) is 6.54 Å². The molecule has 1 aromatic rings. The molecular weight excluding hydrogens is 346 g/mol. The van der Waals surface area contributed by atoms with Crippen LogP contribution in [0.25, 0.3) is 0 Å². The van der Waals surface area contributed by atoms with Crippen molar-refractivity contribution in [2.45, 2.75) is 26.8 Å². The van der Waals surface area contributed by atoms with Crippen LogP contribution in [0.15, 0.2) is 22.7 Å². The van der Waals surface area contributed by atoms with Crippen LogP contribution in [0, 0.1) is 0 Å². The third kappa shape index (κ3) is 4.21. The number of esters is 1. The molecule has 0 saturated carbocycles. The summed E-state index contributed by atoms with van der Waals surface area (Å²) in [6, 6.07) is 4.98.